The highest BCUT2D eigenvalue weighted by Gasteiger charge is 2.34. The first kappa shape index (κ1) is 30.1. The van der Waals surface area contributed by atoms with E-state index in [1.54, 1.807) is 0 Å². The minimum atomic E-state index is -0.709. The van der Waals surface area contributed by atoms with E-state index in [0.29, 0.717) is 32.4 Å². The molecule has 0 saturated heterocycles. The van der Waals surface area contributed by atoms with Crippen LogP contribution in [0, 0.1) is 5.41 Å². The number of aryl methyl sites for hydroxylation is 2. The summed E-state index contributed by atoms with van der Waals surface area (Å²) in [6, 6.07) is 23.1. The van der Waals surface area contributed by atoms with Crippen LogP contribution in [0.3, 0.4) is 0 Å². The molecule has 3 aromatic rings. The number of hydrogen-bond acceptors (Lipinski definition) is 4. The van der Waals surface area contributed by atoms with Gasteiger partial charge in [-0.2, -0.15) is 0 Å². The first-order valence-electron chi connectivity index (χ1n) is 14.3. The molecular formula is C34H44N2O3. The molecule has 0 bridgehead atoms. The number of ether oxygens (including phenoxy) is 1. The minimum absolute atomic E-state index is 0.514. The Morgan fingerprint density at radius 2 is 1.69 bits per heavy atom. The molecule has 39 heavy (non-hydrogen) atoms. The monoisotopic (exact) mass is 528 g/mol. The third-order valence-corrected chi connectivity index (χ3v) is 7.59. The number of aliphatic carboxylic acids is 1. The third-order valence-electron chi connectivity index (χ3n) is 7.59. The highest BCUT2D eigenvalue weighted by molar-refractivity contribution is 5.74. The number of hydrogen-bond donors (Lipinski definition) is 2. The first-order chi connectivity index (χ1) is 19.0. The van der Waals surface area contributed by atoms with Crippen molar-refractivity contribution in [3.63, 3.8) is 0 Å². The summed E-state index contributed by atoms with van der Waals surface area (Å²) in [6.45, 7) is 7.96. The molecule has 0 unspecified atom stereocenters. The van der Waals surface area contributed by atoms with Gasteiger partial charge in [0.1, 0.15) is 0 Å². The predicted octanol–water partition coefficient (Wildman–Crippen LogP) is 8.05. The third kappa shape index (κ3) is 9.67. The quantitative estimate of drug-likeness (QED) is 0.173. The molecule has 0 radical (unpaired) electrons. The van der Waals surface area contributed by atoms with Gasteiger partial charge in [-0.15, -0.1) is 0 Å². The Kier molecular flexibility index (Phi) is 12.2. The normalized spacial score (nSPS) is 11.7. The number of unbranched alkanes of at least 4 members (excludes halogenated alkanes) is 1. The van der Waals surface area contributed by atoms with Gasteiger partial charge in [-0.25, -0.2) is 0 Å². The van der Waals surface area contributed by atoms with Crippen LogP contribution in [0.2, 0.25) is 0 Å². The summed E-state index contributed by atoms with van der Waals surface area (Å²) < 4.78 is 5.89. The van der Waals surface area contributed by atoms with Gasteiger partial charge in [0.25, 0.3) is 0 Å². The molecule has 0 amide bonds. The topological polar surface area (TPSA) is 71.5 Å². The van der Waals surface area contributed by atoms with Crippen molar-refractivity contribution in [2.45, 2.75) is 72.3 Å². The second kappa shape index (κ2) is 15.8. The average molecular weight is 529 g/mol. The van der Waals surface area contributed by atoms with Gasteiger partial charge < -0.3 is 15.2 Å². The van der Waals surface area contributed by atoms with Crippen LogP contribution in [0.4, 0.5) is 5.69 Å². The zero-order valence-corrected chi connectivity index (χ0v) is 23.8. The van der Waals surface area contributed by atoms with Gasteiger partial charge in [0.05, 0.1) is 23.4 Å². The van der Waals surface area contributed by atoms with Gasteiger partial charge in [-0.05, 0) is 92.0 Å². The van der Waals surface area contributed by atoms with Crippen molar-refractivity contribution in [1.29, 1.82) is 0 Å². The molecule has 0 atom stereocenters. The Morgan fingerprint density at radius 1 is 0.949 bits per heavy atom. The lowest BCUT2D eigenvalue weighted by atomic mass is 9.79. The van der Waals surface area contributed by atoms with Gasteiger partial charge >= 0.3 is 5.97 Å². The van der Waals surface area contributed by atoms with Gasteiger partial charge in [0, 0.05) is 18.8 Å². The highest BCUT2D eigenvalue weighted by atomic mass is 16.5. The summed E-state index contributed by atoms with van der Waals surface area (Å²) in [5.41, 5.74) is 5.98. The van der Waals surface area contributed by atoms with Crippen molar-refractivity contribution in [1.82, 2.24) is 4.98 Å². The fourth-order valence-electron chi connectivity index (χ4n) is 4.72. The molecule has 208 valence electrons. The number of carboxylic acid groups (broad SMARTS) is 1. The number of nitrogens with one attached hydrogen (secondary N) is 1. The Balaban J connectivity index is 1.43. The van der Waals surface area contributed by atoms with Gasteiger partial charge in [-0.3, -0.25) is 9.78 Å². The smallest absolute Gasteiger partial charge is 0.309 e. The van der Waals surface area contributed by atoms with E-state index in [9.17, 15) is 9.90 Å². The van der Waals surface area contributed by atoms with E-state index < -0.39 is 11.4 Å². The lowest BCUT2D eigenvalue weighted by Crippen LogP contribution is -2.31. The molecule has 1 heterocycles. The number of anilines is 1. The van der Waals surface area contributed by atoms with Crippen LogP contribution in [-0.4, -0.2) is 29.2 Å². The molecule has 0 saturated carbocycles. The van der Waals surface area contributed by atoms with Crippen LogP contribution in [0.25, 0.3) is 12.2 Å². The number of rotatable bonds is 17. The molecule has 2 N–H and O–H groups in total. The van der Waals surface area contributed by atoms with E-state index in [2.05, 4.69) is 42.6 Å². The van der Waals surface area contributed by atoms with E-state index in [1.165, 1.54) is 11.1 Å². The van der Waals surface area contributed by atoms with Gasteiger partial charge in [-0.1, -0.05) is 69.3 Å². The summed E-state index contributed by atoms with van der Waals surface area (Å²) in [5.74, 6) is -0.709. The van der Waals surface area contributed by atoms with E-state index in [4.69, 9.17) is 9.72 Å². The molecule has 2 aromatic carbocycles. The van der Waals surface area contributed by atoms with Gasteiger partial charge in [0.2, 0.25) is 0 Å². The fourth-order valence-corrected chi connectivity index (χ4v) is 4.72. The maximum absolute atomic E-state index is 11.7. The zero-order chi connectivity index (χ0) is 27.9. The first-order valence-corrected chi connectivity index (χ1v) is 14.3. The van der Waals surface area contributed by atoms with E-state index in [-0.39, 0.29) is 0 Å². The molecule has 0 aliphatic heterocycles. The Bertz CT molecular complexity index is 1180. The number of nitrogens with zero attached hydrogens (tertiary/aromatic N) is 1. The van der Waals surface area contributed by atoms with Crippen molar-refractivity contribution in [2.24, 2.45) is 5.41 Å². The summed E-state index contributed by atoms with van der Waals surface area (Å²) in [5, 5.41) is 13.0. The van der Waals surface area contributed by atoms with Crippen LogP contribution < -0.4 is 5.32 Å². The van der Waals surface area contributed by atoms with E-state index >= 15 is 0 Å². The summed E-state index contributed by atoms with van der Waals surface area (Å²) >= 11 is 0. The maximum atomic E-state index is 11.7. The van der Waals surface area contributed by atoms with Gasteiger partial charge in [0.15, 0.2) is 0 Å². The standard InChI is InChI=1S/C34H44N2O3/c1-4-27-16-18-28(19-17-27)11-7-8-24-39-26-32-15-10-13-30(36-32)21-20-29-12-9-14-31(25-29)35-23-22-34(5-2,6-3)33(37)38/h9-10,12-21,25,35H,4-8,11,22-24,26H2,1-3H3,(H,37,38). The molecule has 5 heteroatoms. The van der Waals surface area contributed by atoms with Crippen LogP contribution in [0.15, 0.2) is 66.7 Å². The molecular weight excluding hydrogens is 484 g/mol. The SMILES string of the molecule is CCc1ccc(CCCCOCc2cccc(C=Cc3cccc(NCCC(CC)(CC)C(=O)O)c3)n2)cc1. The van der Waals surface area contributed by atoms with E-state index in [1.807, 2.05) is 62.4 Å². The van der Waals surface area contributed by atoms with Crippen molar-refractivity contribution < 1.29 is 14.6 Å². The lowest BCUT2D eigenvalue weighted by Gasteiger charge is -2.26. The predicted molar refractivity (Wildman–Crippen MR) is 162 cm³/mol. The minimum Gasteiger partial charge on any atom is -0.481 e. The van der Waals surface area contributed by atoms with Crippen LogP contribution >= 0.6 is 0 Å². The zero-order valence-electron chi connectivity index (χ0n) is 23.8. The van der Waals surface area contributed by atoms with Crippen molar-refractivity contribution >= 4 is 23.8 Å². The van der Waals surface area contributed by atoms with Crippen LogP contribution in [0.5, 0.6) is 0 Å². The molecule has 0 fully saturated rings. The largest absolute Gasteiger partial charge is 0.481 e. The Morgan fingerprint density at radius 3 is 2.41 bits per heavy atom. The number of aromatic nitrogens is 1. The molecule has 5 nitrogen and oxygen atoms in total. The van der Waals surface area contributed by atoms with Crippen molar-refractivity contribution in [3.05, 3.63) is 94.8 Å². The summed E-state index contributed by atoms with van der Waals surface area (Å²) in [6.07, 6.45) is 10.2. The van der Waals surface area contributed by atoms with Crippen LogP contribution in [-0.2, 0) is 29.0 Å². The number of carboxylic acids is 1. The number of benzene rings is 2. The fraction of sp³-hybridized carbons (Fsp3) is 0.412. The lowest BCUT2D eigenvalue weighted by molar-refractivity contribution is -0.149. The number of pyridine rings is 1. The number of carbonyl (C=O) groups is 1. The summed E-state index contributed by atoms with van der Waals surface area (Å²) in [4.78, 5) is 16.5. The Labute approximate surface area is 234 Å². The average Bonchev–Trinajstić information content (AvgIpc) is 2.97. The van der Waals surface area contributed by atoms with Crippen molar-refractivity contribution in [3.8, 4) is 0 Å². The Hall–Kier alpha value is -3.44. The summed E-state index contributed by atoms with van der Waals surface area (Å²) in [7, 11) is 0. The highest BCUT2D eigenvalue weighted by Crippen LogP contribution is 2.31. The maximum Gasteiger partial charge on any atom is 0.309 e. The van der Waals surface area contributed by atoms with Crippen molar-refractivity contribution in [2.75, 3.05) is 18.5 Å². The second-order valence-electron chi connectivity index (χ2n) is 10.2. The molecule has 3 rings (SSSR count). The molecule has 0 aliphatic rings. The molecule has 0 spiro atoms. The van der Waals surface area contributed by atoms with Crippen LogP contribution in [0.1, 0.15) is 81.0 Å². The van der Waals surface area contributed by atoms with E-state index in [0.717, 1.165) is 54.9 Å². The molecule has 1 aromatic heterocycles. The second-order valence-corrected chi connectivity index (χ2v) is 10.2. The molecule has 0 aliphatic carbocycles.